The second-order valence-corrected chi connectivity index (χ2v) is 5.38. The molecular formula is C15H21NO3. The molecule has 0 spiro atoms. The average Bonchev–Trinajstić information content (AvgIpc) is 2.76. The van der Waals surface area contributed by atoms with Crippen LogP contribution in [0.15, 0.2) is 24.3 Å². The first kappa shape index (κ1) is 13.9. The lowest BCUT2D eigenvalue weighted by atomic mass is 9.92. The molecule has 0 aliphatic carbocycles. The standard InChI is InChI=1S/C15H21NO3/c1-11-4-3-5-13(8-11)19-10-14(15(17)18)12-6-7-16(2)9-12/h3-5,8,12,14H,6-7,9-10H2,1-2H3,(H,17,18). The molecule has 4 heteroatoms. The van der Waals surface area contributed by atoms with Crippen molar-refractivity contribution in [2.45, 2.75) is 13.3 Å². The van der Waals surface area contributed by atoms with E-state index in [2.05, 4.69) is 4.90 Å². The molecule has 1 aromatic carbocycles. The van der Waals surface area contributed by atoms with Crippen LogP contribution in [0.4, 0.5) is 0 Å². The van der Waals surface area contributed by atoms with Gasteiger partial charge in [0.1, 0.15) is 12.4 Å². The number of nitrogens with zero attached hydrogens (tertiary/aromatic N) is 1. The number of hydrogen-bond acceptors (Lipinski definition) is 3. The molecule has 1 fully saturated rings. The van der Waals surface area contributed by atoms with Crippen molar-refractivity contribution in [3.8, 4) is 5.75 Å². The number of hydrogen-bond donors (Lipinski definition) is 1. The lowest BCUT2D eigenvalue weighted by Crippen LogP contribution is -2.31. The van der Waals surface area contributed by atoms with Gasteiger partial charge in [0, 0.05) is 6.54 Å². The summed E-state index contributed by atoms with van der Waals surface area (Å²) in [6, 6.07) is 7.71. The van der Waals surface area contributed by atoms with Crippen molar-refractivity contribution in [1.29, 1.82) is 0 Å². The molecule has 2 rings (SSSR count). The summed E-state index contributed by atoms with van der Waals surface area (Å²) in [4.78, 5) is 13.6. The fourth-order valence-corrected chi connectivity index (χ4v) is 2.60. The maximum atomic E-state index is 11.4. The van der Waals surface area contributed by atoms with E-state index in [4.69, 9.17) is 4.74 Å². The third-order valence-electron chi connectivity index (χ3n) is 3.73. The molecule has 0 bridgehead atoms. The molecule has 1 heterocycles. The molecule has 0 saturated carbocycles. The normalized spacial score (nSPS) is 21.3. The van der Waals surface area contributed by atoms with E-state index in [0.29, 0.717) is 0 Å². The van der Waals surface area contributed by atoms with Crippen molar-refractivity contribution in [1.82, 2.24) is 4.90 Å². The number of aliphatic carboxylic acids is 1. The Hall–Kier alpha value is -1.55. The van der Waals surface area contributed by atoms with Gasteiger partial charge in [0.25, 0.3) is 0 Å². The molecule has 19 heavy (non-hydrogen) atoms. The first-order valence-corrected chi connectivity index (χ1v) is 6.67. The minimum atomic E-state index is -0.757. The molecule has 1 saturated heterocycles. The van der Waals surface area contributed by atoms with Crippen LogP contribution in [0.2, 0.25) is 0 Å². The zero-order chi connectivity index (χ0) is 13.8. The quantitative estimate of drug-likeness (QED) is 0.883. The van der Waals surface area contributed by atoms with Gasteiger partial charge in [-0.1, -0.05) is 12.1 Å². The smallest absolute Gasteiger partial charge is 0.310 e. The molecule has 0 amide bonds. The Morgan fingerprint density at radius 2 is 2.37 bits per heavy atom. The summed E-state index contributed by atoms with van der Waals surface area (Å²) in [5.41, 5.74) is 1.12. The van der Waals surface area contributed by atoms with Crippen LogP contribution < -0.4 is 4.74 Å². The first-order valence-electron chi connectivity index (χ1n) is 6.67. The monoisotopic (exact) mass is 263 g/mol. The second kappa shape index (κ2) is 6.06. The van der Waals surface area contributed by atoms with Gasteiger partial charge < -0.3 is 14.7 Å². The molecular weight excluding hydrogens is 242 g/mol. The third kappa shape index (κ3) is 3.70. The Morgan fingerprint density at radius 1 is 1.58 bits per heavy atom. The van der Waals surface area contributed by atoms with Crippen molar-refractivity contribution >= 4 is 5.97 Å². The SMILES string of the molecule is Cc1cccc(OCC(C(=O)O)C2CCN(C)C2)c1. The molecule has 1 N–H and O–H groups in total. The number of aryl methyl sites for hydroxylation is 1. The van der Waals surface area contributed by atoms with Gasteiger partial charge in [-0.2, -0.15) is 0 Å². The topological polar surface area (TPSA) is 49.8 Å². The molecule has 0 radical (unpaired) electrons. The van der Waals surface area contributed by atoms with E-state index in [1.165, 1.54) is 0 Å². The molecule has 4 nitrogen and oxygen atoms in total. The minimum absolute atomic E-state index is 0.187. The number of likely N-dealkylation sites (tertiary alicyclic amines) is 1. The summed E-state index contributed by atoms with van der Waals surface area (Å²) >= 11 is 0. The van der Waals surface area contributed by atoms with Crippen LogP contribution in [0.5, 0.6) is 5.75 Å². The third-order valence-corrected chi connectivity index (χ3v) is 3.73. The predicted molar refractivity (Wildman–Crippen MR) is 73.4 cm³/mol. The number of carbonyl (C=O) groups is 1. The summed E-state index contributed by atoms with van der Waals surface area (Å²) in [7, 11) is 2.03. The number of ether oxygens (including phenoxy) is 1. The Bertz CT molecular complexity index is 447. The minimum Gasteiger partial charge on any atom is -0.493 e. The van der Waals surface area contributed by atoms with Crippen LogP contribution in [-0.4, -0.2) is 42.7 Å². The number of benzene rings is 1. The van der Waals surface area contributed by atoms with E-state index in [1.807, 2.05) is 38.2 Å². The lowest BCUT2D eigenvalue weighted by molar-refractivity contribution is -0.144. The zero-order valence-electron chi connectivity index (χ0n) is 11.5. The van der Waals surface area contributed by atoms with Gasteiger partial charge in [0.2, 0.25) is 0 Å². The summed E-state index contributed by atoms with van der Waals surface area (Å²) in [6.07, 6.45) is 0.935. The highest BCUT2D eigenvalue weighted by molar-refractivity contribution is 5.70. The summed E-state index contributed by atoms with van der Waals surface area (Å²) < 4.78 is 5.66. The lowest BCUT2D eigenvalue weighted by Gasteiger charge is -2.20. The maximum absolute atomic E-state index is 11.4. The van der Waals surface area contributed by atoms with Gasteiger partial charge in [0.05, 0.1) is 5.92 Å². The largest absolute Gasteiger partial charge is 0.493 e. The van der Waals surface area contributed by atoms with E-state index in [0.717, 1.165) is 30.8 Å². The molecule has 0 aromatic heterocycles. The van der Waals surface area contributed by atoms with Crippen LogP contribution in [-0.2, 0) is 4.79 Å². The zero-order valence-corrected chi connectivity index (χ0v) is 11.5. The van der Waals surface area contributed by atoms with Crippen LogP contribution in [0.3, 0.4) is 0 Å². The van der Waals surface area contributed by atoms with Crippen molar-refractivity contribution in [2.24, 2.45) is 11.8 Å². The Labute approximate surface area is 114 Å². The van der Waals surface area contributed by atoms with E-state index >= 15 is 0 Å². The maximum Gasteiger partial charge on any atom is 0.310 e. The predicted octanol–water partition coefficient (Wildman–Crippen LogP) is 2.03. The highest BCUT2D eigenvalue weighted by Crippen LogP contribution is 2.25. The fraction of sp³-hybridized carbons (Fsp3) is 0.533. The average molecular weight is 263 g/mol. The first-order chi connectivity index (χ1) is 9.06. The van der Waals surface area contributed by atoms with E-state index in [9.17, 15) is 9.90 Å². The van der Waals surface area contributed by atoms with E-state index < -0.39 is 11.9 Å². The Balaban J connectivity index is 1.96. The van der Waals surface area contributed by atoms with Crippen LogP contribution in [0.1, 0.15) is 12.0 Å². The fourth-order valence-electron chi connectivity index (χ4n) is 2.60. The van der Waals surface area contributed by atoms with Gasteiger partial charge in [0.15, 0.2) is 0 Å². The highest BCUT2D eigenvalue weighted by Gasteiger charge is 2.33. The molecule has 2 atom stereocenters. The van der Waals surface area contributed by atoms with Crippen LogP contribution >= 0.6 is 0 Å². The number of carboxylic acids is 1. The number of carboxylic acid groups (broad SMARTS) is 1. The van der Waals surface area contributed by atoms with Gasteiger partial charge in [-0.25, -0.2) is 0 Å². The van der Waals surface area contributed by atoms with Gasteiger partial charge in [-0.15, -0.1) is 0 Å². The molecule has 1 aliphatic rings. The molecule has 2 unspecified atom stereocenters. The Kier molecular flexibility index (Phi) is 4.43. The molecule has 104 valence electrons. The van der Waals surface area contributed by atoms with Crippen molar-refractivity contribution < 1.29 is 14.6 Å². The molecule has 1 aromatic rings. The second-order valence-electron chi connectivity index (χ2n) is 5.38. The highest BCUT2D eigenvalue weighted by atomic mass is 16.5. The van der Waals surface area contributed by atoms with Gasteiger partial charge >= 0.3 is 5.97 Å². The summed E-state index contributed by atoms with van der Waals surface area (Å²) in [5.74, 6) is -0.247. The summed E-state index contributed by atoms with van der Waals surface area (Å²) in [5, 5.41) is 9.35. The van der Waals surface area contributed by atoms with Crippen molar-refractivity contribution in [3.05, 3.63) is 29.8 Å². The van der Waals surface area contributed by atoms with Crippen LogP contribution in [0, 0.1) is 18.8 Å². The van der Waals surface area contributed by atoms with Gasteiger partial charge in [-0.05, 0) is 50.6 Å². The van der Waals surface area contributed by atoms with Crippen molar-refractivity contribution in [2.75, 3.05) is 26.7 Å². The van der Waals surface area contributed by atoms with Gasteiger partial charge in [-0.3, -0.25) is 4.79 Å². The Morgan fingerprint density at radius 3 is 2.95 bits per heavy atom. The van der Waals surface area contributed by atoms with E-state index in [-0.39, 0.29) is 12.5 Å². The molecule has 1 aliphatic heterocycles. The summed E-state index contributed by atoms with van der Waals surface area (Å²) in [6.45, 7) is 4.05. The number of rotatable bonds is 5. The van der Waals surface area contributed by atoms with E-state index in [1.54, 1.807) is 0 Å². The van der Waals surface area contributed by atoms with Crippen molar-refractivity contribution in [3.63, 3.8) is 0 Å². The van der Waals surface area contributed by atoms with Crippen LogP contribution in [0.25, 0.3) is 0 Å².